The van der Waals surface area contributed by atoms with Gasteiger partial charge >= 0.3 is 0 Å². The number of hydrogen-bond acceptors (Lipinski definition) is 4. The fourth-order valence-electron chi connectivity index (χ4n) is 2.41. The van der Waals surface area contributed by atoms with Crippen molar-refractivity contribution >= 4 is 0 Å². The second kappa shape index (κ2) is 7.31. The van der Waals surface area contributed by atoms with Crippen LogP contribution in [0, 0.1) is 5.92 Å². The standard InChI is InChI=1S/C13H25NO3/c1-2-5-14-12-4-7-16-10-13(12)17-9-11-3-6-15-8-11/h11-14H,2-10H2,1H3. The molecule has 2 heterocycles. The van der Waals surface area contributed by atoms with E-state index < -0.39 is 0 Å². The summed E-state index contributed by atoms with van der Waals surface area (Å²) >= 11 is 0. The highest BCUT2D eigenvalue weighted by atomic mass is 16.5. The predicted molar refractivity (Wildman–Crippen MR) is 66.2 cm³/mol. The smallest absolute Gasteiger partial charge is 0.0961 e. The molecule has 2 aliphatic heterocycles. The van der Waals surface area contributed by atoms with Crippen LogP contribution in [0.2, 0.25) is 0 Å². The Labute approximate surface area is 104 Å². The Hall–Kier alpha value is -0.160. The van der Waals surface area contributed by atoms with Gasteiger partial charge in [-0.05, 0) is 25.8 Å². The van der Waals surface area contributed by atoms with Crippen LogP contribution < -0.4 is 5.32 Å². The van der Waals surface area contributed by atoms with Crippen molar-refractivity contribution in [2.45, 2.75) is 38.3 Å². The van der Waals surface area contributed by atoms with Crippen LogP contribution >= 0.6 is 0 Å². The molecule has 17 heavy (non-hydrogen) atoms. The highest BCUT2D eigenvalue weighted by molar-refractivity contribution is 4.81. The molecule has 0 radical (unpaired) electrons. The molecule has 2 fully saturated rings. The van der Waals surface area contributed by atoms with Crippen molar-refractivity contribution < 1.29 is 14.2 Å². The molecule has 0 bridgehead atoms. The highest BCUT2D eigenvalue weighted by Crippen LogP contribution is 2.17. The number of nitrogens with one attached hydrogen (secondary N) is 1. The number of rotatable bonds is 6. The summed E-state index contributed by atoms with van der Waals surface area (Å²) < 4.78 is 16.9. The van der Waals surface area contributed by atoms with Gasteiger partial charge in [0.2, 0.25) is 0 Å². The van der Waals surface area contributed by atoms with E-state index in [1.165, 1.54) is 6.42 Å². The van der Waals surface area contributed by atoms with Crippen LogP contribution in [-0.2, 0) is 14.2 Å². The number of hydrogen-bond donors (Lipinski definition) is 1. The summed E-state index contributed by atoms with van der Waals surface area (Å²) in [5, 5.41) is 3.56. The third-order valence-electron chi connectivity index (χ3n) is 3.53. The summed E-state index contributed by atoms with van der Waals surface area (Å²) in [6, 6.07) is 0.464. The first-order chi connectivity index (χ1) is 8.40. The summed E-state index contributed by atoms with van der Waals surface area (Å²) in [7, 11) is 0. The van der Waals surface area contributed by atoms with Crippen molar-refractivity contribution in [3.63, 3.8) is 0 Å². The minimum absolute atomic E-state index is 0.218. The Bertz CT molecular complexity index is 207. The van der Waals surface area contributed by atoms with Crippen molar-refractivity contribution in [2.24, 2.45) is 5.92 Å². The van der Waals surface area contributed by atoms with Gasteiger partial charge in [0.15, 0.2) is 0 Å². The second-order valence-corrected chi connectivity index (χ2v) is 5.03. The molecule has 0 saturated carbocycles. The zero-order valence-corrected chi connectivity index (χ0v) is 10.8. The van der Waals surface area contributed by atoms with Crippen molar-refractivity contribution in [1.82, 2.24) is 5.32 Å². The number of ether oxygens (including phenoxy) is 3. The van der Waals surface area contributed by atoms with Gasteiger partial charge in [0.05, 0.1) is 25.9 Å². The van der Waals surface area contributed by atoms with E-state index in [1.807, 2.05) is 0 Å². The Morgan fingerprint density at radius 1 is 1.18 bits per heavy atom. The SMILES string of the molecule is CCCNC1CCOCC1OCC1CCOC1. The summed E-state index contributed by atoms with van der Waals surface area (Å²) in [5.41, 5.74) is 0. The van der Waals surface area contributed by atoms with Crippen molar-refractivity contribution in [3.05, 3.63) is 0 Å². The molecule has 2 saturated heterocycles. The topological polar surface area (TPSA) is 39.7 Å². The first kappa shape index (κ1) is 13.3. The van der Waals surface area contributed by atoms with E-state index in [0.29, 0.717) is 12.0 Å². The molecule has 0 amide bonds. The van der Waals surface area contributed by atoms with Crippen LogP contribution in [0.25, 0.3) is 0 Å². The fraction of sp³-hybridized carbons (Fsp3) is 1.00. The first-order valence-electron chi connectivity index (χ1n) is 6.90. The van der Waals surface area contributed by atoms with Gasteiger partial charge < -0.3 is 19.5 Å². The molecule has 0 aromatic heterocycles. The predicted octanol–water partition coefficient (Wildman–Crippen LogP) is 1.20. The maximum Gasteiger partial charge on any atom is 0.0961 e. The van der Waals surface area contributed by atoms with E-state index in [0.717, 1.165) is 52.4 Å². The summed E-state index contributed by atoms with van der Waals surface area (Å²) in [4.78, 5) is 0. The zero-order chi connectivity index (χ0) is 11.9. The average Bonchev–Trinajstić information content (AvgIpc) is 2.88. The molecule has 100 valence electrons. The molecule has 4 heteroatoms. The second-order valence-electron chi connectivity index (χ2n) is 5.03. The summed E-state index contributed by atoms with van der Waals surface area (Å²) in [5.74, 6) is 0.587. The van der Waals surface area contributed by atoms with E-state index in [4.69, 9.17) is 14.2 Å². The Morgan fingerprint density at radius 2 is 2.00 bits per heavy atom. The van der Waals surface area contributed by atoms with E-state index >= 15 is 0 Å². The van der Waals surface area contributed by atoms with Crippen LogP contribution in [0.3, 0.4) is 0 Å². The van der Waals surface area contributed by atoms with Gasteiger partial charge in [-0.1, -0.05) is 6.92 Å². The van der Waals surface area contributed by atoms with Gasteiger partial charge in [-0.25, -0.2) is 0 Å². The lowest BCUT2D eigenvalue weighted by atomic mass is 10.1. The molecule has 0 aromatic carbocycles. The lowest BCUT2D eigenvalue weighted by molar-refractivity contribution is -0.0777. The Morgan fingerprint density at radius 3 is 2.76 bits per heavy atom. The molecule has 2 rings (SSSR count). The molecular weight excluding hydrogens is 218 g/mol. The largest absolute Gasteiger partial charge is 0.381 e. The summed E-state index contributed by atoms with van der Waals surface area (Å²) in [6.45, 7) is 7.42. The maximum atomic E-state index is 6.01. The van der Waals surface area contributed by atoms with Crippen LogP contribution in [0.5, 0.6) is 0 Å². The van der Waals surface area contributed by atoms with Gasteiger partial charge in [-0.3, -0.25) is 0 Å². The van der Waals surface area contributed by atoms with Gasteiger partial charge in [-0.15, -0.1) is 0 Å². The lowest BCUT2D eigenvalue weighted by Gasteiger charge is -2.32. The minimum atomic E-state index is 0.218. The summed E-state index contributed by atoms with van der Waals surface area (Å²) in [6.07, 6.45) is 3.59. The molecule has 3 unspecified atom stereocenters. The monoisotopic (exact) mass is 243 g/mol. The third-order valence-corrected chi connectivity index (χ3v) is 3.53. The van der Waals surface area contributed by atoms with E-state index in [1.54, 1.807) is 0 Å². The fourth-order valence-corrected chi connectivity index (χ4v) is 2.41. The van der Waals surface area contributed by atoms with E-state index in [2.05, 4.69) is 12.2 Å². The third kappa shape index (κ3) is 4.21. The first-order valence-corrected chi connectivity index (χ1v) is 6.90. The van der Waals surface area contributed by atoms with Gasteiger partial charge in [0, 0.05) is 25.2 Å². The molecule has 0 aromatic rings. The van der Waals surface area contributed by atoms with Gasteiger partial charge in [0.25, 0.3) is 0 Å². The average molecular weight is 243 g/mol. The van der Waals surface area contributed by atoms with Crippen molar-refractivity contribution in [1.29, 1.82) is 0 Å². The van der Waals surface area contributed by atoms with E-state index in [9.17, 15) is 0 Å². The van der Waals surface area contributed by atoms with Crippen LogP contribution in [-0.4, -0.2) is 51.7 Å². The molecule has 2 aliphatic rings. The Balaban J connectivity index is 1.71. The molecular formula is C13H25NO3. The molecule has 4 nitrogen and oxygen atoms in total. The molecule has 0 spiro atoms. The van der Waals surface area contributed by atoms with E-state index in [-0.39, 0.29) is 6.10 Å². The maximum absolute atomic E-state index is 6.01. The highest BCUT2D eigenvalue weighted by Gasteiger charge is 2.27. The molecule has 0 aliphatic carbocycles. The van der Waals surface area contributed by atoms with Crippen LogP contribution in [0.4, 0.5) is 0 Å². The van der Waals surface area contributed by atoms with Crippen molar-refractivity contribution in [3.8, 4) is 0 Å². The van der Waals surface area contributed by atoms with Crippen molar-refractivity contribution in [2.75, 3.05) is 39.6 Å². The zero-order valence-electron chi connectivity index (χ0n) is 10.8. The minimum Gasteiger partial charge on any atom is -0.381 e. The van der Waals surface area contributed by atoms with Gasteiger partial charge in [-0.2, -0.15) is 0 Å². The lowest BCUT2D eigenvalue weighted by Crippen LogP contribution is -2.48. The Kier molecular flexibility index (Phi) is 5.71. The quantitative estimate of drug-likeness (QED) is 0.761. The van der Waals surface area contributed by atoms with Gasteiger partial charge in [0.1, 0.15) is 0 Å². The van der Waals surface area contributed by atoms with Crippen LogP contribution in [0.1, 0.15) is 26.2 Å². The van der Waals surface area contributed by atoms with Crippen LogP contribution in [0.15, 0.2) is 0 Å². The molecule has 3 atom stereocenters. The molecule has 1 N–H and O–H groups in total. The normalized spacial score (nSPS) is 34.1.